The van der Waals surface area contributed by atoms with E-state index in [9.17, 15) is 18.5 Å². The lowest BCUT2D eigenvalue weighted by Crippen LogP contribution is -2.40. The molecule has 0 N–H and O–H groups in total. The van der Waals surface area contributed by atoms with Crippen LogP contribution in [0.2, 0.25) is 0 Å². The Morgan fingerprint density at radius 1 is 0.897 bits per heavy atom. The third kappa shape index (κ3) is 6.52. The number of ether oxygens (including phenoxy) is 1. The number of non-ortho nitro benzene ring substituents is 1. The summed E-state index contributed by atoms with van der Waals surface area (Å²) in [6.07, 6.45) is 7.69. The number of rotatable bonds is 6. The fourth-order valence-corrected chi connectivity index (χ4v) is 6.98. The zero-order chi connectivity index (χ0) is 27.2. The first-order valence-corrected chi connectivity index (χ1v) is 15.5. The number of morpholine rings is 1. The average molecular weight is 570 g/mol. The van der Waals surface area contributed by atoms with Gasteiger partial charge >= 0.3 is 0 Å². The van der Waals surface area contributed by atoms with E-state index in [1.165, 1.54) is 47.0 Å². The molecule has 1 saturated carbocycles. The van der Waals surface area contributed by atoms with Crippen molar-refractivity contribution in [3.8, 4) is 11.3 Å². The van der Waals surface area contributed by atoms with Gasteiger partial charge in [-0.25, -0.2) is 18.1 Å². The Labute approximate surface area is 231 Å². The van der Waals surface area contributed by atoms with Crippen LogP contribution in [0.4, 0.5) is 11.4 Å². The molecule has 3 aromatic rings. The Morgan fingerprint density at radius 2 is 1.54 bits per heavy atom. The molecule has 0 unspecified atom stereocenters. The number of aromatic nitrogens is 1. The molecule has 39 heavy (non-hydrogen) atoms. The molecular weight excluding hydrogens is 538 g/mol. The summed E-state index contributed by atoms with van der Waals surface area (Å²) in [5.41, 5.74) is 3.36. The SMILES string of the molecule is O=[N+]([O-])c1ccc(-c2csc(=Nc3ccc(S(=O)(=O)N4CCOCC4)cc3)n2N=C2CCCCCCC2)cc1. The number of thiazole rings is 1. The molecule has 2 aromatic carbocycles. The molecule has 5 rings (SSSR count). The van der Waals surface area contributed by atoms with Crippen LogP contribution in [0.5, 0.6) is 0 Å². The zero-order valence-corrected chi connectivity index (χ0v) is 23.2. The molecule has 206 valence electrons. The first-order valence-electron chi connectivity index (χ1n) is 13.2. The summed E-state index contributed by atoms with van der Waals surface area (Å²) in [6.45, 7) is 1.47. The summed E-state index contributed by atoms with van der Waals surface area (Å²) >= 11 is 1.42. The molecule has 1 aliphatic heterocycles. The summed E-state index contributed by atoms with van der Waals surface area (Å²) in [6, 6.07) is 13.0. The van der Waals surface area contributed by atoms with Crippen molar-refractivity contribution in [2.45, 2.75) is 49.8 Å². The summed E-state index contributed by atoms with van der Waals surface area (Å²) in [5, 5.41) is 18.1. The molecule has 0 spiro atoms. The van der Waals surface area contributed by atoms with Gasteiger partial charge in [0, 0.05) is 41.9 Å². The number of hydrogen-bond acceptors (Lipinski definition) is 8. The van der Waals surface area contributed by atoms with E-state index in [1.54, 1.807) is 36.4 Å². The number of nitro benzene ring substituents is 1. The lowest BCUT2D eigenvalue weighted by molar-refractivity contribution is -0.384. The van der Waals surface area contributed by atoms with Crippen LogP contribution in [0.15, 0.2) is 68.9 Å². The highest BCUT2D eigenvalue weighted by molar-refractivity contribution is 7.89. The number of sulfonamides is 1. The van der Waals surface area contributed by atoms with E-state index in [-0.39, 0.29) is 10.6 Å². The summed E-state index contributed by atoms with van der Waals surface area (Å²) in [7, 11) is -3.59. The van der Waals surface area contributed by atoms with E-state index in [0.29, 0.717) is 36.8 Å². The molecule has 2 fully saturated rings. The predicted molar refractivity (Wildman–Crippen MR) is 151 cm³/mol. The maximum absolute atomic E-state index is 13.0. The Hall–Kier alpha value is -3.19. The Morgan fingerprint density at radius 3 is 2.18 bits per heavy atom. The van der Waals surface area contributed by atoms with Gasteiger partial charge in [0.2, 0.25) is 14.8 Å². The van der Waals surface area contributed by atoms with Gasteiger partial charge in [0.25, 0.3) is 5.69 Å². The zero-order valence-electron chi connectivity index (χ0n) is 21.6. The Balaban J connectivity index is 1.51. The lowest BCUT2D eigenvalue weighted by Gasteiger charge is -2.26. The van der Waals surface area contributed by atoms with Crippen LogP contribution in [-0.2, 0) is 14.8 Å². The fourth-order valence-electron chi connectivity index (χ4n) is 4.72. The van der Waals surface area contributed by atoms with Crippen molar-refractivity contribution < 1.29 is 18.1 Å². The number of benzene rings is 2. The maximum Gasteiger partial charge on any atom is 0.269 e. The van der Waals surface area contributed by atoms with Gasteiger partial charge in [-0.05, 0) is 62.1 Å². The monoisotopic (exact) mass is 569 g/mol. The van der Waals surface area contributed by atoms with Gasteiger partial charge in [0.1, 0.15) is 0 Å². The predicted octanol–water partition coefficient (Wildman–Crippen LogP) is 5.33. The fraction of sp³-hybridized carbons (Fsp3) is 0.407. The molecule has 0 radical (unpaired) electrons. The number of nitrogens with zero attached hydrogens (tertiary/aromatic N) is 5. The second kappa shape index (κ2) is 12.3. The summed E-state index contributed by atoms with van der Waals surface area (Å²) < 4.78 is 34.5. The topological polar surface area (TPSA) is 119 Å². The van der Waals surface area contributed by atoms with Crippen LogP contribution < -0.4 is 4.80 Å². The minimum Gasteiger partial charge on any atom is -0.379 e. The van der Waals surface area contributed by atoms with Crippen molar-refractivity contribution >= 4 is 38.4 Å². The molecule has 0 atom stereocenters. The van der Waals surface area contributed by atoms with E-state index < -0.39 is 14.9 Å². The summed E-state index contributed by atoms with van der Waals surface area (Å²) in [5.74, 6) is 0. The number of hydrogen-bond donors (Lipinski definition) is 0. The van der Waals surface area contributed by atoms with E-state index in [4.69, 9.17) is 14.8 Å². The summed E-state index contributed by atoms with van der Waals surface area (Å²) in [4.78, 5) is 16.4. The van der Waals surface area contributed by atoms with Crippen molar-refractivity contribution in [3.63, 3.8) is 0 Å². The smallest absolute Gasteiger partial charge is 0.269 e. The van der Waals surface area contributed by atoms with Crippen LogP contribution in [0.3, 0.4) is 0 Å². The minimum atomic E-state index is -3.59. The van der Waals surface area contributed by atoms with Crippen LogP contribution in [0.1, 0.15) is 44.9 Å². The Bertz CT molecular complexity index is 1490. The van der Waals surface area contributed by atoms with E-state index in [1.807, 2.05) is 10.1 Å². The molecule has 2 aliphatic rings. The van der Waals surface area contributed by atoms with Gasteiger partial charge in [-0.2, -0.15) is 9.41 Å². The normalized spacial score (nSPS) is 17.9. The van der Waals surface area contributed by atoms with Crippen molar-refractivity contribution in [3.05, 3.63) is 68.8 Å². The average Bonchev–Trinajstić information content (AvgIpc) is 3.32. The van der Waals surface area contributed by atoms with Crippen LogP contribution in [-0.4, -0.2) is 54.3 Å². The highest BCUT2D eigenvalue weighted by atomic mass is 32.2. The van der Waals surface area contributed by atoms with Gasteiger partial charge in [0.15, 0.2) is 0 Å². The molecule has 1 aliphatic carbocycles. The molecule has 1 saturated heterocycles. The first-order chi connectivity index (χ1) is 18.9. The third-order valence-electron chi connectivity index (χ3n) is 6.90. The minimum absolute atomic E-state index is 0.0314. The molecule has 0 amide bonds. The quantitative estimate of drug-likeness (QED) is 0.294. The highest BCUT2D eigenvalue weighted by Gasteiger charge is 2.26. The van der Waals surface area contributed by atoms with Gasteiger partial charge in [-0.3, -0.25) is 10.1 Å². The number of nitro groups is 1. The van der Waals surface area contributed by atoms with Gasteiger partial charge in [-0.15, -0.1) is 11.3 Å². The van der Waals surface area contributed by atoms with E-state index >= 15 is 0 Å². The first kappa shape index (κ1) is 27.4. The van der Waals surface area contributed by atoms with Crippen molar-refractivity contribution in [1.82, 2.24) is 8.98 Å². The Kier molecular flexibility index (Phi) is 8.66. The molecule has 1 aromatic heterocycles. The second-order valence-electron chi connectivity index (χ2n) is 9.58. The van der Waals surface area contributed by atoms with Gasteiger partial charge in [-0.1, -0.05) is 19.3 Å². The third-order valence-corrected chi connectivity index (χ3v) is 9.63. The van der Waals surface area contributed by atoms with Crippen molar-refractivity contribution in [1.29, 1.82) is 0 Å². The molecule has 0 bridgehead atoms. The standard InChI is InChI=1S/C27H31N5O5S2/c33-32(34)24-12-8-21(9-13-24)26-20-38-27(31(26)29-23-6-4-2-1-3-5-7-23)28-22-10-14-25(15-11-22)39(35,36)30-16-18-37-19-17-30/h8-15,20H,1-7,16-19H2. The second-order valence-corrected chi connectivity index (χ2v) is 12.3. The van der Waals surface area contributed by atoms with Crippen LogP contribution in [0, 0.1) is 10.1 Å². The molecule has 10 nitrogen and oxygen atoms in total. The van der Waals surface area contributed by atoms with Gasteiger partial charge in [0.05, 0.1) is 34.4 Å². The van der Waals surface area contributed by atoms with Crippen molar-refractivity contribution in [2.24, 2.45) is 10.1 Å². The maximum atomic E-state index is 13.0. The van der Waals surface area contributed by atoms with Gasteiger partial charge < -0.3 is 4.74 Å². The largest absolute Gasteiger partial charge is 0.379 e. The van der Waals surface area contributed by atoms with E-state index in [0.717, 1.165) is 42.7 Å². The van der Waals surface area contributed by atoms with Crippen LogP contribution in [0.25, 0.3) is 11.3 Å². The van der Waals surface area contributed by atoms with Crippen LogP contribution >= 0.6 is 11.3 Å². The lowest BCUT2D eigenvalue weighted by atomic mass is 9.99. The molecule has 12 heteroatoms. The van der Waals surface area contributed by atoms with E-state index in [2.05, 4.69) is 0 Å². The highest BCUT2D eigenvalue weighted by Crippen LogP contribution is 2.25. The molecule has 2 heterocycles. The van der Waals surface area contributed by atoms with Crippen molar-refractivity contribution in [2.75, 3.05) is 26.3 Å². The molecular formula is C27H31N5O5S2.